The molecule has 0 aliphatic heterocycles. The molecule has 0 aliphatic rings. The minimum atomic E-state index is 0. The first-order valence-electron chi connectivity index (χ1n) is 7.31. The van der Waals surface area contributed by atoms with Gasteiger partial charge < -0.3 is 19.8 Å². The average molecular weight is 346 g/mol. The summed E-state index contributed by atoms with van der Waals surface area (Å²) in [5, 5.41) is 3.06. The second kappa shape index (κ2) is 7.75. The maximum absolute atomic E-state index is 5.22. The Morgan fingerprint density at radius 1 is 0.833 bits per heavy atom. The zero-order chi connectivity index (χ0) is 16.2. The van der Waals surface area contributed by atoms with Crippen LogP contribution < -0.4 is 14.8 Å². The van der Waals surface area contributed by atoms with Crippen LogP contribution in [0.2, 0.25) is 0 Å². The van der Waals surface area contributed by atoms with Gasteiger partial charge in [-0.25, -0.2) is 4.98 Å². The zero-order valence-electron chi connectivity index (χ0n) is 13.8. The molecule has 0 atom stereocenters. The van der Waals surface area contributed by atoms with Crippen molar-refractivity contribution in [3.8, 4) is 34.0 Å². The third-order valence-corrected chi connectivity index (χ3v) is 3.68. The summed E-state index contributed by atoms with van der Waals surface area (Å²) in [5.74, 6) is 2.37. The van der Waals surface area contributed by atoms with E-state index < -0.39 is 0 Å². The van der Waals surface area contributed by atoms with Gasteiger partial charge in [-0.2, -0.15) is 0 Å². The number of aromatic amines is 1. The minimum Gasteiger partial charge on any atom is -0.497 e. The number of methoxy groups -OCH3 is 2. The Kier molecular flexibility index (Phi) is 5.71. The SMILES string of the molecule is CNc1nc(-c2ccc(OC)cc2)c(-c2ccc(OC)cc2)[nH]1.Cl. The van der Waals surface area contributed by atoms with Gasteiger partial charge in [0.2, 0.25) is 5.95 Å². The molecular weight excluding hydrogens is 326 g/mol. The standard InChI is InChI=1S/C18H19N3O2.ClH/c1-19-18-20-16(12-4-8-14(22-2)9-5-12)17(21-18)13-6-10-15(23-3)11-7-13;/h4-11H,1-3H3,(H2,19,20,21);1H. The van der Waals surface area contributed by atoms with E-state index in [0.717, 1.165) is 40.0 Å². The van der Waals surface area contributed by atoms with Crippen LogP contribution >= 0.6 is 12.4 Å². The van der Waals surface area contributed by atoms with Crippen LogP contribution in [0.3, 0.4) is 0 Å². The highest BCUT2D eigenvalue weighted by atomic mass is 35.5. The summed E-state index contributed by atoms with van der Waals surface area (Å²) in [7, 11) is 5.16. The summed E-state index contributed by atoms with van der Waals surface area (Å²) < 4.78 is 10.4. The Hall–Kier alpha value is -2.66. The van der Waals surface area contributed by atoms with E-state index in [4.69, 9.17) is 9.47 Å². The Bertz CT molecular complexity index is 718. The number of hydrogen-bond acceptors (Lipinski definition) is 4. The van der Waals surface area contributed by atoms with Gasteiger partial charge in [0.15, 0.2) is 0 Å². The number of ether oxygens (including phenoxy) is 2. The van der Waals surface area contributed by atoms with Gasteiger partial charge in [-0.3, -0.25) is 0 Å². The summed E-state index contributed by atoms with van der Waals surface area (Å²) in [6.07, 6.45) is 0. The predicted molar refractivity (Wildman–Crippen MR) is 99.4 cm³/mol. The van der Waals surface area contributed by atoms with Crippen molar-refractivity contribution in [2.24, 2.45) is 0 Å². The number of benzene rings is 2. The van der Waals surface area contributed by atoms with Crippen molar-refractivity contribution in [3.63, 3.8) is 0 Å². The lowest BCUT2D eigenvalue weighted by atomic mass is 10.0. The quantitative estimate of drug-likeness (QED) is 0.726. The minimum absolute atomic E-state index is 0. The van der Waals surface area contributed by atoms with Gasteiger partial charge in [-0.1, -0.05) is 0 Å². The molecule has 6 heteroatoms. The van der Waals surface area contributed by atoms with Crippen LogP contribution in [-0.2, 0) is 0 Å². The molecule has 1 aromatic heterocycles. The number of aromatic nitrogens is 2. The van der Waals surface area contributed by atoms with E-state index in [9.17, 15) is 0 Å². The molecule has 2 N–H and O–H groups in total. The second-order valence-corrected chi connectivity index (χ2v) is 5.02. The first-order valence-corrected chi connectivity index (χ1v) is 7.31. The topological polar surface area (TPSA) is 59.2 Å². The van der Waals surface area contributed by atoms with Crippen molar-refractivity contribution in [2.75, 3.05) is 26.6 Å². The van der Waals surface area contributed by atoms with Crippen molar-refractivity contribution >= 4 is 18.4 Å². The van der Waals surface area contributed by atoms with Crippen LogP contribution in [0.5, 0.6) is 11.5 Å². The number of rotatable bonds is 5. The number of halogens is 1. The number of anilines is 1. The molecule has 0 aliphatic carbocycles. The molecule has 2 aromatic carbocycles. The van der Waals surface area contributed by atoms with Gasteiger partial charge in [0.1, 0.15) is 11.5 Å². The number of H-pyrrole nitrogens is 1. The second-order valence-electron chi connectivity index (χ2n) is 5.02. The molecule has 0 spiro atoms. The molecule has 0 saturated carbocycles. The van der Waals surface area contributed by atoms with Crippen molar-refractivity contribution in [1.82, 2.24) is 9.97 Å². The van der Waals surface area contributed by atoms with E-state index in [-0.39, 0.29) is 12.4 Å². The van der Waals surface area contributed by atoms with Crippen molar-refractivity contribution in [3.05, 3.63) is 48.5 Å². The van der Waals surface area contributed by atoms with Gasteiger partial charge in [-0.15, -0.1) is 12.4 Å². The average Bonchev–Trinajstić information content (AvgIpc) is 3.06. The summed E-state index contributed by atoms with van der Waals surface area (Å²) in [5.41, 5.74) is 3.92. The smallest absolute Gasteiger partial charge is 0.200 e. The lowest BCUT2D eigenvalue weighted by Crippen LogP contribution is -1.89. The highest BCUT2D eigenvalue weighted by molar-refractivity contribution is 5.85. The Balaban J connectivity index is 0.00000208. The van der Waals surface area contributed by atoms with Crippen molar-refractivity contribution in [2.45, 2.75) is 0 Å². The highest BCUT2D eigenvalue weighted by Crippen LogP contribution is 2.33. The number of nitrogens with zero attached hydrogens (tertiary/aromatic N) is 1. The number of imidazole rings is 1. The highest BCUT2D eigenvalue weighted by Gasteiger charge is 2.14. The van der Waals surface area contributed by atoms with E-state index in [0.29, 0.717) is 0 Å². The molecule has 3 rings (SSSR count). The largest absolute Gasteiger partial charge is 0.497 e. The number of hydrogen-bond donors (Lipinski definition) is 2. The van der Waals surface area contributed by atoms with Crippen molar-refractivity contribution < 1.29 is 9.47 Å². The zero-order valence-corrected chi connectivity index (χ0v) is 14.6. The molecule has 24 heavy (non-hydrogen) atoms. The van der Waals surface area contributed by atoms with E-state index in [1.807, 2.05) is 55.6 Å². The molecule has 0 saturated heterocycles. The molecule has 0 unspecified atom stereocenters. The fourth-order valence-electron chi connectivity index (χ4n) is 2.42. The van der Waals surface area contributed by atoms with Crippen LogP contribution in [0.15, 0.2) is 48.5 Å². The summed E-state index contributed by atoms with van der Waals surface area (Å²) in [4.78, 5) is 7.95. The summed E-state index contributed by atoms with van der Waals surface area (Å²) in [6.45, 7) is 0. The maximum Gasteiger partial charge on any atom is 0.200 e. The Morgan fingerprint density at radius 2 is 1.33 bits per heavy atom. The fraction of sp³-hybridized carbons (Fsp3) is 0.167. The van der Waals surface area contributed by atoms with E-state index in [1.165, 1.54) is 0 Å². The fourth-order valence-corrected chi connectivity index (χ4v) is 2.42. The molecular formula is C18H20ClN3O2. The lowest BCUT2D eigenvalue weighted by molar-refractivity contribution is 0.414. The third-order valence-electron chi connectivity index (χ3n) is 3.68. The van der Waals surface area contributed by atoms with Crippen LogP contribution in [0.4, 0.5) is 5.95 Å². The van der Waals surface area contributed by atoms with Crippen LogP contribution in [0.1, 0.15) is 0 Å². The van der Waals surface area contributed by atoms with Crippen LogP contribution in [-0.4, -0.2) is 31.2 Å². The van der Waals surface area contributed by atoms with Crippen LogP contribution in [0.25, 0.3) is 22.5 Å². The molecule has 0 radical (unpaired) electrons. The monoisotopic (exact) mass is 345 g/mol. The lowest BCUT2D eigenvalue weighted by Gasteiger charge is -2.05. The van der Waals surface area contributed by atoms with E-state index in [1.54, 1.807) is 14.2 Å². The first kappa shape index (κ1) is 17.7. The molecule has 0 bridgehead atoms. The van der Waals surface area contributed by atoms with E-state index in [2.05, 4.69) is 15.3 Å². The molecule has 126 valence electrons. The van der Waals surface area contributed by atoms with Crippen LogP contribution in [0, 0.1) is 0 Å². The van der Waals surface area contributed by atoms with Gasteiger partial charge >= 0.3 is 0 Å². The number of nitrogens with one attached hydrogen (secondary N) is 2. The first-order chi connectivity index (χ1) is 11.2. The maximum atomic E-state index is 5.22. The third kappa shape index (κ3) is 3.46. The van der Waals surface area contributed by atoms with Gasteiger partial charge in [0.05, 0.1) is 25.6 Å². The van der Waals surface area contributed by atoms with Crippen molar-refractivity contribution in [1.29, 1.82) is 0 Å². The van der Waals surface area contributed by atoms with Gasteiger partial charge in [0, 0.05) is 18.2 Å². The summed E-state index contributed by atoms with van der Waals surface area (Å²) in [6, 6.07) is 15.8. The molecule has 0 amide bonds. The Morgan fingerprint density at radius 3 is 1.79 bits per heavy atom. The normalized spacial score (nSPS) is 9.96. The van der Waals surface area contributed by atoms with E-state index >= 15 is 0 Å². The predicted octanol–water partition coefficient (Wildman–Crippen LogP) is 4.22. The summed E-state index contributed by atoms with van der Waals surface area (Å²) >= 11 is 0. The molecule has 1 heterocycles. The molecule has 3 aromatic rings. The molecule has 5 nitrogen and oxygen atoms in total. The Labute approximate surface area is 147 Å². The van der Waals surface area contributed by atoms with Gasteiger partial charge in [0.25, 0.3) is 0 Å². The molecule has 0 fully saturated rings. The van der Waals surface area contributed by atoms with Gasteiger partial charge in [-0.05, 0) is 48.5 Å².